The zero-order valence-corrected chi connectivity index (χ0v) is 18.3. The zero-order chi connectivity index (χ0) is 23.2. The van der Waals surface area contributed by atoms with E-state index in [9.17, 15) is 9.18 Å². The highest BCUT2D eigenvalue weighted by atomic mass is 19.1. The Morgan fingerprint density at radius 2 is 1.76 bits per heavy atom. The van der Waals surface area contributed by atoms with Crippen molar-refractivity contribution in [3.8, 4) is 22.6 Å². The minimum absolute atomic E-state index is 0.131. The molecule has 166 valence electrons. The Kier molecular flexibility index (Phi) is 4.58. The van der Waals surface area contributed by atoms with Crippen LogP contribution >= 0.6 is 0 Å². The smallest absolute Gasteiger partial charge is 0.282 e. The fourth-order valence-corrected chi connectivity index (χ4v) is 4.20. The van der Waals surface area contributed by atoms with E-state index in [1.54, 1.807) is 36.9 Å². The topological polar surface area (TPSA) is 70.5 Å². The molecule has 0 unspecified atom stereocenters. The molecule has 6 rings (SSSR count). The van der Waals surface area contributed by atoms with Gasteiger partial charge in [-0.25, -0.2) is 9.37 Å². The first kappa shape index (κ1) is 20.0. The van der Waals surface area contributed by atoms with Crippen LogP contribution in [0.4, 0.5) is 4.39 Å². The second-order valence-corrected chi connectivity index (χ2v) is 8.13. The Balaban J connectivity index is 1.46. The summed E-state index contributed by atoms with van der Waals surface area (Å²) >= 11 is 0. The third kappa shape index (κ3) is 3.27. The number of halogens is 1. The molecule has 4 aromatic rings. The van der Waals surface area contributed by atoms with Gasteiger partial charge in [-0.2, -0.15) is 9.78 Å². The first-order valence-electron chi connectivity index (χ1n) is 10.8. The molecule has 0 saturated carbocycles. The molecule has 0 amide bonds. The van der Waals surface area contributed by atoms with Crippen molar-refractivity contribution in [3.05, 3.63) is 113 Å². The molecule has 4 heterocycles. The molecule has 0 saturated heterocycles. The lowest BCUT2D eigenvalue weighted by molar-refractivity contribution is 0.609. The minimum Gasteiger partial charge on any atom is -0.341 e. The number of rotatable bonds is 4. The standard InChI is InChI=1S/C26H19FN6O/c1-17-13-32(16-29-17)19-11-10-18(28-12-19)14-31-15-21-25(20-6-2-4-8-23(20)31)30-33(26(21)34)24-9-5-3-7-22(24)27/h2-13,15-16H,14H2,1H3. The third-order valence-electron chi connectivity index (χ3n) is 5.86. The summed E-state index contributed by atoms with van der Waals surface area (Å²) in [5.74, 6) is -0.498. The van der Waals surface area contributed by atoms with E-state index in [1.807, 2.05) is 58.7 Å². The third-order valence-corrected chi connectivity index (χ3v) is 5.86. The molecule has 0 N–H and O–H groups in total. The summed E-state index contributed by atoms with van der Waals surface area (Å²) < 4.78 is 19.4. The van der Waals surface area contributed by atoms with E-state index in [1.165, 1.54) is 6.07 Å². The number of nitrogens with zero attached hydrogens (tertiary/aromatic N) is 6. The van der Waals surface area contributed by atoms with E-state index in [2.05, 4.69) is 15.1 Å². The van der Waals surface area contributed by atoms with Crippen LogP contribution in [0.5, 0.6) is 0 Å². The van der Waals surface area contributed by atoms with Crippen molar-refractivity contribution in [1.29, 1.82) is 0 Å². The maximum absolute atomic E-state index is 14.4. The van der Waals surface area contributed by atoms with Gasteiger partial charge in [-0.15, -0.1) is 0 Å². The van der Waals surface area contributed by atoms with Gasteiger partial charge in [0.1, 0.15) is 17.2 Å². The van der Waals surface area contributed by atoms with Crippen LogP contribution in [0.25, 0.3) is 33.5 Å². The SMILES string of the molecule is Cc1cn(-c2ccc(Cn3cc4c(=O)n(-c5ccccc5F)nc-4c4ccccc43)nc2)cn1. The first-order valence-corrected chi connectivity index (χ1v) is 10.8. The highest BCUT2D eigenvalue weighted by Crippen LogP contribution is 2.28. The Hall–Kier alpha value is -4.59. The van der Waals surface area contributed by atoms with Crippen molar-refractivity contribution in [2.24, 2.45) is 0 Å². The molecule has 0 spiro atoms. The van der Waals surface area contributed by atoms with Crippen molar-refractivity contribution < 1.29 is 4.39 Å². The molecule has 2 aromatic carbocycles. The van der Waals surface area contributed by atoms with Crippen LogP contribution in [-0.4, -0.2) is 28.9 Å². The maximum atomic E-state index is 14.4. The summed E-state index contributed by atoms with van der Waals surface area (Å²) in [4.78, 5) is 22.1. The number of para-hydroxylation sites is 2. The molecule has 2 aliphatic rings. The number of hydrogen-bond donors (Lipinski definition) is 0. The van der Waals surface area contributed by atoms with E-state index >= 15 is 0 Å². The van der Waals surface area contributed by atoms with E-state index in [0.29, 0.717) is 17.8 Å². The van der Waals surface area contributed by atoms with Crippen molar-refractivity contribution in [1.82, 2.24) is 28.9 Å². The second kappa shape index (κ2) is 7.77. The summed E-state index contributed by atoms with van der Waals surface area (Å²) in [6.45, 7) is 2.40. The number of imidazole rings is 1. The summed E-state index contributed by atoms with van der Waals surface area (Å²) in [6, 6.07) is 17.8. The van der Waals surface area contributed by atoms with Gasteiger partial charge in [0.2, 0.25) is 0 Å². The van der Waals surface area contributed by atoms with Gasteiger partial charge in [0, 0.05) is 17.8 Å². The fraction of sp³-hybridized carbons (Fsp3) is 0.0769. The van der Waals surface area contributed by atoms with Gasteiger partial charge in [0.15, 0.2) is 0 Å². The van der Waals surface area contributed by atoms with E-state index in [-0.39, 0.29) is 11.2 Å². The molecule has 0 fully saturated rings. The molecule has 0 aliphatic carbocycles. The van der Waals surface area contributed by atoms with Crippen LogP contribution in [0.2, 0.25) is 0 Å². The minimum atomic E-state index is -0.498. The van der Waals surface area contributed by atoms with Crippen LogP contribution in [0, 0.1) is 12.7 Å². The van der Waals surface area contributed by atoms with Crippen molar-refractivity contribution in [2.75, 3.05) is 0 Å². The van der Waals surface area contributed by atoms with Gasteiger partial charge in [0.25, 0.3) is 5.56 Å². The van der Waals surface area contributed by atoms with Crippen LogP contribution < -0.4 is 5.56 Å². The molecule has 34 heavy (non-hydrogen) atoms. The Labute approximate surface area is 193 Å². The van der Waals surface area contributed by atoms with Gasteiger partial charge in [-0.3, -0.25) is 9.78 Å². The molecule has 0 radical (unpaired) electrons. The average Bonchev–Trinajstić information content (AvgIpc) is 3.44. The average molecular weight is 450 g/mol. The lowest BCUT2D eigenvalue weighted by Gasteiger charge is -2.13. The number of fused-ring (bicyclic) bond motifs is 3. The van der Waals surface area contributed by atoms with Gasteiger partial charge >= 0.3 is 0 Å². The number of aryl methyl sites for hydroxylation is 1. The molecular weight excluding hydrogens is 431 g/mol. The number of hydrogen-bond acceptors (Lipinski definition) is 4. The largest absolute Gasteiger partial charge is 0.341 e. The molecule has 2 aromatic heterocycles. The molecule has 0 bridgehead atoms. The van der Waals surface area contributed by atoms with Crippen LogP contribution in [0.1, 0.15) is 11.4 Å². The number of pyridine rings is 2. The molecule has 8 heteroatoms. The fourth-order valence-electron chi connectivity index (χ4n) is 4.20. The normalized spacial score (nSPS) is 11.5. The van der Waals surface area contributed by atoms with Gasteiger partial charge < -0.3 is 9.13 Å². The van der Waals surface area contributed by atoms with E-state index in [0.717, 1.165) is 32.7 Å². The summed E-state index contributed by atoms with van der Waals surface area (Å²) in [5, 5.41) is 5.31. The Morgan fingerprint density at radius 1 is 0.941 bits per heavy atom. The second-order valence-electron chi connectivity index (χ2n) is 8.13. The molecular formula is C26H19FN6O. The van der Waals surface area contributed by atoms with Crippen molar-refractivity contribution >= 4 is 10.9 Å². The molecule has 2 aliphatic heterocycles. The predicted octanol–water partition coefficient (Wildman–Crippen LogP) is 4.37. The lowest BCUT2D eigenvalue weighted by atomic mass is 10.1. The van der Waals surface area contributed by atoms with Crippen molar-refractivity contribution in [3.63, 3.8) is 0 Å². The quantitative estimate of drug-likeness (QED) is 0.400. The molecule has 7 nitrogen and oxygen atoms in total. The highest BCUT2D eigenvalue weighted by molar-refractivity contribution is 5.93. The summed E-state index contributed by atoms with van der Waals surface area (Å²) in [7, 11) is 0. The van der Waals surface area contributed by atoms with Gasteiger partial charge in [-0.05, 0) is 37.3 Å². The highest BCUT2D eigenvalue weighted by Gasteiger charge is 2.22. The predicted molar refractivity (Wildman–Crippen MR) is 127 cm³/mol. The van der Waals surface area contributed by atoms with Crippen molar-refractivity contribution in [2.45, 2.75) is 13.5 Å². The van der Waals surface area contributed by atoms with Gasteiger partial charge in [0.05, 0.1) is 47.2 Å². The maximum Gasteiger partial charge on any atom is 0.282 e. The number of benzene rings is 2. The monoisotopic (exact) mass is 450 g/mol. The van der Waals surface area contributed by atoms with Crippen LogP contribution in [0.3, 0.4) is 0 Å². The number of aromatic nitrogens is 6. The van der Waals surface area contributed by atoms with Gasteiger partial charge in [-0.1, -0.05) is 30.3 Å². The molecule has 0 atom stereocenters. The summed E-state index contributed by atoms with van der Waals surface area (Å²) in [5.41, 5.74) is 4.33. The Bertz CT molecular complexity index is 1680. The first-order chi connectivity index (χ1) is 16.6. The summed E-state index contributed by atoms with van der Waals surface area (Å²) in [6.07, 6.45) is 7.27. The zero-order valence-electron chi connectivity index (χ0n) is 18.3. The van der Waals surface area contributed by atoms with E-state index < -0.39 is 5.82 Å². The van der Waals surface area contributed by atoms with E-state index in [4.69, 9.17) is 0 Å². The van der Waals surface area contributed by atoms with Crippen LogP contribution in [0.15, 0.2) is 90.4 Å². The Morgan fingerprint density at radius 3 is 2.53 bits per heavy atom. The lowest BCUT2D eigenvalue weighted by Crippen LogP contribution is -2.16. The van der Waals surface area contributed by atoms with Crippen LogP contribution in [-0.2, 0) is 6.54 Å².